The van der Waals surface area contributed by atoms with Crippen LogP contribution in [0.3, 0.4) is 0 Å². The molecule has 0 radical (unpaired) electrons. The quantitative estimate of drug-likeness (QED) is 0.935. The predicted molar refractivity (Wildman–Crippen MR) is 86.8 cm³/mol. The summed E-state index contributed by atoms with van der Waals surface area (Å²) >= 11 is 7.82. The molecule has 1 aromatic heterocycles. The van der Waals surface area contributed by atoms with Crippen molar-refractivity contribution in [3.8, 4) is 0 Å². The fraction of sp³-hybridized carbons (Fsp3) is 0.357. The summed E-state index contributed by atoms with van der Waals surface area (Å²) in [5, 5.41) is 7.47. The van der Waals surface area contributed by atoms with Crippen molar-refractivity contribution in [2.75, 3.05) is 19.6 Å². The van der Waals surface area contributed by atoms with Crippen LogP contribution in [-0.4, -0.2) is 29.5 Å². The molecule has 0 aliphatic carbocycles. The Morgan fingerprint density at radius 3 is 3.10 bits per heavy atom. The zero-order valence-electron chi connectivity index (χ0n) is 11.0. The second kappa shape index (κ2) is 7.38. The van der Waals surface area contributed by atoms with Gasteiger partial charge in [0.05, 0.1) is 6.54 Å². The SMILES string of the molecule is Cl.Clc1cccc(C2CNCCN2Cc2nccs2)c1. The summed E-state index contributed by atoms with van der Waals surface area (Å²) < 4.78 is 0. The van der Waals surface area contributed by atoms with Gasteiger partial charge < -0.3 is 5.32 Å². The van der Waals surface area contributed by atoms with Crippen LogP contribution in [0.4, 0.5) is 0 Å². The topological polar surface area (TPSA) is 28.2 Å². The van der Waals surface area contributed by atoms with E-state index in [4.69, 9.17) is 11.6 Å². The van der Waals surface area contributed by atoms with Crippen LogP contribution in [0.1, 0.15) is 16.6 Å². The Labute approximate surface area is 134 Å². The molecule has 1 saturated heterocycles. The number of halogens is 2. The third kappa shape index (κ3) is 3.71. The first kappa shape index (κ1) is 15.7. The van der Waals surface area contributed by atoms with Crippen molar-refractivity contribution in [3.05, 3.63) is 51.4 Å². The lowest BCUT2D eigenvalue weighted by Gasteiger charge is -2.36. The maximum absolute atomic E-state index is 6.11. The molecule has 1 unspecified atom stereocenters. The first-order valence-electron chi connectivity index (χ1n) is 6.41. The Kier molecular flexibility index (Phi) is 5.81. The summed E-state index contributed by atoms with van der Waals surface area (Å²) in [5.74, 6) is 0. The normalized spacial score (nSPS) is 19.6. The van der Waals surface area contributed by atoms with Crippen molar-refractivity contribution in [2.24, 2.45) is 0 Å². The molecule has 2 aromatic rings. The smallest absolute Gasteiger partial charge is 0.107 e. The number of aromatic nitrogens is 1. The van der Waals surface area contributed by atoms with Gasteiger partial charge in [-0.25, -0.2) is 4.98 Å². The second-order valence-electron chi connectivity index (χ2n) is 4.67. The Hall–Kier alpha value is -0.650. The molecular formula is C14H17Cl2N3S. The van der Waals surface area contributed by atoms with E-state index in [1.807, 2.05) is 23.7 Å². The molecule has 2 heterocycles. The molecule has 0 saturated carbocycles. The van der Waals surface area contributed by atoms with E-state index < -0.39 is 0 Å². The molecule has 1 atom stereocenters. The third-order valence-corrected chi connectivity index (χ3v) is 4.41. The van der Waals surface area contributed by atoms with Crippen LogP contribution in [0.2, 0.25) is 5.02 Å². The summed E-state index contributed by atoms with van der Waals surface area (Å²) in [7, 11) is 0. The van der Waals surface area contributed by atoms with Gasteiger partial charge in [0.1, 0.15) is 5.01 Å². The van der Waals surface area contributed by atoms with Crippen LogP contribution in [0.15, 0.2) is 35.8 Å². The molecule has 1 aliphatic heterocycles. The molecular weight excluding hydrogens is 313 g/mol. The zero-order valence-corrected chi connectivity index (χ0v) is 13.3. The maximum Gasteiger partial charge on any atom is 0.107 e. The van der Waals surface area contributed by atoms with Gasteiger partial charge >= 0.3 is 0 Å². The molecule has 3 nitrogen and oxygen atoms in total. The maximum atomic E-state index is 6.11. The van der Waals surface area contributed by atoms with Crippen molar-refractivity contribution in [3.63, 3.8) is 0 Å². The van der Waals surface area contributed by atoms with Gasteiger partial charge in [-0.15, -0.1) is 23.7 Å². The Bertz CT molecular complexity index is 533. The summed E-state index contributed by atoms with van der Waals surface area (Å²) in [5.41, 5.74) is 1.27. The highest BCUT2D eigenvalue weighted by Gasteiger charge is 2.24. The highest BCUT2D eigenvalue weighted by atomic mass is 35.5. The van der Waals surface area contributed by atoms with Crippen LogP contribution in [-0.2, 0) is 6.54 Å². The van der Waals surface area contributed by atoms with Gasteiger partial charge in [-0.1, -0.05) is 23.7 Å². The van der Waals surface area contributed by atoms with E-state index in [2.05, 4.69) is 27.3 Å². The number of benzene rings is 1. The summed E-state index contributed by atoms with van der Waals surface area (Å²) in [6.07, 6.45) is 1.87. The first-order chi connectivity index (χ1) is 9.33. The standard InChI is InChI=1S/C14H16ClN3S.ClH/c15-12-3-1-2-11(8-12)13-9-16-4-6-18(13)10-14-17-5-7-19-14;/h1-3,5,7-8,13,16H,4,6,9-10H2;1H. The molecule has 20 heavy (non-hydrogen) atoms. The van der Waals surface area contributed by atoms with Crippen LogP contribution >= 0.6 is 35.3 Å². The van der Waals surface area contributed by atoms with Crippen molar-refractivity contribution >= 4 is 35.3 Å². The lowest BCUT2D eigenvalue weighted by Crippen LogP contribution is -2.45. The van der Waals surface area contributed by atoms with Gasteiger partial charge in [-0.2, -0.15) is 0 Å². The number of nitrogens with zero attached hydrogens (tertiary/aromatic N) is 2. The summed E-state index contributed by atoms with van der Waals surface area (Å²) in [6, 6.07) is 8.53. The average Bonchev–Trinajstić information content (AvgIpc) is 2.92. The lowest BCUT2D eigenvalue weighted by molar-refractivity contribution is 0.153. The fourth-order valence-corrected chi connectivity index (χ4v) is 3.32. The van der Waals surface area contributed by atoms with Gasteiger partial charge in [-0.3, -0.25) is 4.90 Å². The van der Waals surface area contributed by atoms with Crippen molar-refractivity contribution in [1.82, 2.24) is 15.2 Å². The monoisotopic (exact) mass is 329 g/mol. The molecule has 3 rings (SSSR count). The van der Waals surface area contributed by atoms with E-state index >= 15 is 0 Å². The van der Waals surface area contributed by atoms with Crippen molar-refractivity contribution in [2.45, 2.75) is 12.6 Å². The Morgan fingerprint density at radius 1 is 1.45 bits per heavy atom. The molecule has 1 N–H and O–H groups in total. The zero-order chi connectivity index (χ0) is 13.1. The van der Waals surface area contributed by atoms with Crippen LogP contribution in [0.5, 0.6) is 0 Å². The van der Waals surface area contributed by atoms with Gasteiger partial charge in [0, 0.05) is 42.3 Å². The number of nitrogens with one attached hydrogen (secondary N) is 1. The highest BCUT2D eigenvalue weighted by Crippen LogP contribution is 2.26. The first-order valence-corrected chi connectivity index (χ1v) is 7.67. The van der Waals surface area contributed by atoms with Crippen LogP contribution in [0.25, 0.3) is 0 Å². The fourth-order valence-electron chi connectivity index (χ4n) is 2.48. The largest absolute Gasteiger partial charge is 0.314 e. The minimum Gasteiger partial charge on any atom is -0.314 e. The molecule has 108 valence electrons. The summed E-state index contributed by atoms with van der Waals surface area (Å²) in [6.45, 7) is 3.95. The number of piperazine rings is 1. The van der Waals surface area contributed by atoms with E-state index in [9.17, 15) is 0 Å². The van der Waals surface area contributed by atoms with E-state index in [0.29, 0.717) is 6.04 Å². The predicted octanol–water partition coefficient (Wildman–Crippen LogP) is 3.36. The third-order valence-electron chi connectivity index (χ3n) is 3.41. The number of hydrogen-bond acceptors (Lipinski definition) is 4. The van der Waals surface area contributed by atoms with Gasteiger partial charge in [0.2, 0.25) is 0 Å². The number of thiazole rings is 1. The van der Waals surface area contributed by atoms with Gasteiger partial charge in [-0.05, 0) is 17.7 Å². The van der Waals surface area contributed by atoms with Crippen molar-refractivity contribution in [1.29, 1.82) is 0 Å². The number of rotatable bonds is 3. The Morgan fingerprint density at radius 2 is 2.35 bits per heavy atom. The molecule has 6 heteroatoms. The van der Waals surface area contributed by atoms with Crippen molar-refractivity contribution < 1.29 is 0 Å². The molecule has 0 spiro atoms. The highest BCUT2D eigenvalue weighted by molar-refractivity contribution is 7.09. The molecule has 1 fully saturated rings. The Balaban J connectivity index is 0.00000147. The van der Waals surface area contributed by atoms with E-state index in [0.717, 1.165) is 31.2 Å². The molecule has 1 aromatic carbocycles. The minimum atomic E-state index is 0. The average molecular weight is 330 g/mol. The molecule has 0 bridgehead atoms. The molecule has 1 aliphatic rings. The van der Waals surface area contributed by atoms with E-state index in [-0.39, 0.29) is 12.4 Å². The van der Waals surface area contributed by atoms with E-state index in [1.54, 1.807) is 11.3 Å². The second-order valence-corrected chi connectivity index (χ2v) is 6.09. The minimum absolute atomic E-state index is 0. The van der Waals surface area contributed by atoms with Crippen LogP contribution < -0.4 is 5.32 Å². The van der Waals surface area contributed by atoms with Gasteiger partial charge in [0.15, 0.2) is 0 Å². The molecule has 0 amide bonds. The summed E-state index contributed by atoms with van der Waals surface area (Å²) in [4.78, 5) is 6.86. The van der Waals surface area contributed by atoms with Gasteiger partial charge in [0.25, 0.3) is 0 Å². The van der Waals surface area contributed by atoms with E-state index in [1.165, 1.54) is 10.6 Å². The number of hydrogen-bond donors (Lipinski definition) is 1. The lowest BCUT2D eigenvalue weighted by atomic mass is 10.0. The van der Waals surface area contributed by atoms with Crippen LogP contribution in [0, 0.1) is 0 Å².